The first-order chi connectivity index (χ1) is 4.61. The van der Waals surface area contributed by atoms with E-state index in [-0.39, 0.29) is 18.3 Å². The van der Waals surface area contributed by atoms with Crippen LogP contribution in [0.3, 0.4) is 0 Å². The van der Waals surface area contributed by atoms with Crippen LogP contribution in [0.2, 0.25) is 0 Å². The van der Waals surface area contributed by atoms with E-state index >= 15 is 0 Å². The Kier molecular flexibility index (Phi) is 2.32. The van der Waals surface area contributed by atoms with Gasteiger partial charge in [-0.25, -0.2) is 0 Å². The highest BCUT2D eigenvalue weighted by atomic mass is 16.5. The molecule has 1 N–H and O–H groups in total. The number of hydrogen-bond acceptors (Lipinski definition) is 2. The van der Waals surface area contributed by atoms with Crippen molar-refractivity contribution in [3.8, 4) is 0 Å². The lowest BCUT2D eigenvalue weighted by Gasteiger charge is -2.13. The maximum absolute atomic E-state index is 9.29. The van der Waals surface area contributed by atoms with Gasteiger partial charge >= 0.3 is 0 Å². The van der Waals surface area contributed by atoms with Crippen molar-refractivity contribution >= 4 is 0 Å². The van der Waals surface area contributed by atoms with Crippen LogP contribution in [0.25, 0.3) is 0 Å². The minimum absolute atomic E-state index is 0.0346. The van der Waals surface area contributed by atoms with E-state index in [1.165, 1.54) is 0 Å². The lowest BCUT2D eigenvalue weighted by molar-refractivity contribution is 0.00550. The van der Waals surface area contributed by atoms with Crippen molar-refractivity contribution in [2.45, 2.75) is 45.5 Å². The Morgan fingerprint density at radius 2 is 2.10 bits per heavy atom. The molecule has 3 atom stereocenters. The maximum Gasteiger partial charge on any atom is 0.0824 e. The summed E-state index contributed by atoms with van der Waals surface area (Å²) in [5, 5.41) is 9.29. The van der Waals surface area contributed by atoms with Gasteiger partial charge in [-0.15, -0.1) is 0 Å². The van der Waals surface area contributed by atoms with Crippen LogP contribution in [0, 0.1) is 5.92 Å². The van der Waals surface area contributed by atoms with Gasteiger partial charge in [0.2, 0.25) is 0 Å². The maximum atomic E-state index is 9.29. The molecule has 0 bridgehead atoms. The standard InChI is InChI=1S/C8H16O2/c1-5(2)8-4-7(9)6(3)10-8/h5-9H,4H2,1-3H3/t6-,7+,8-/m0/s1. The van der Waals surface area contributed by atoms with Gasteiger partial charge in [-0.3, -0.25) is 0 Å². The highest BCUT2D eigenvalue weighted by Crippen LogP contribution is 2.24. The molecule has 0 aromatic heterocycles. The molecule has 0 saturated carbocycles. The van der Waals surface area contributed by atoms with Gasteiger partial charge in [-0.1, -0.05) is 13.8 Å². The molecule has 1 rings (SSSR count). The van der Waals surface area contributed by atoms with E-state index in [1.54, 1.807) is 0 Å². The van der Waals surface area contributed by atoms with Gasteiger partial charge in [0.25, 0.3) is 0 Å². The molecule has 10 heavy (non-hydrogen) atoms. The molecule has 1 heterocycles. The zero-order valence-corrected chi connectivity index (χ0v) is 6.87. The minimum Gasteiger partial charge on any atom is -0.390 e. The molecule has 0 radical (unpaired) electrons. The molecule has 1 aliphatic heterocycles. The first-order valence-corrected chi connectivity index (χ1v) is 3.94. The predicted octanol–water partition coefficient (Wildman–Crippen LogP) is 1.18. The Balaban J connectivity index is 2.41. The fourth-order valence-electron chi connectivity index (χ4n) is 1.28. The monoisotopic (exact) mass is 144 g/mol. The average molecular weight is 144 g/mol. The van der Waals surface area contributed by atoms with E-state index in [2.05, 4.69) is 13.8 Å². The van der Waals surface area contributed by atoms with Crippen LogP contribution >= 0.6 is 0 Å². The van der Waals surface area contributed by atoms with Crippen LogP contribution in [-0.2, 0) is 4.74 Å². The third-order valence-corrected chi connectivity index (χ3v) is 2.15. The predicted molar refractivity (Wildman–Crippen MR) is 39.8 cm³/mol. The zero-order chi connectivity index (χ0) is 7.72. The Bertz CT molecular complexity index is 102. The van der Waals surface area contributed by atoms with Crippen molar-refractivity contribution in [3.05, 3.63) is 0 Å². The van der Waals surface area contributed by atoms with Crippen LogP contribution in [0.5, 0.6) is 0 Å². The first kappa shape index (κ1) is 8.02. The lowest BCUT2D eigenvalue weighted by Crippen LogP contribution is -2.16. The molecular weight excluding hydrogens is 128 g/mol. The normalized spacial score (nSPS) is 41.1. The van der Waals surface area contributed by atoms with Crippen molar-refractivity contribution in [3.63, 3.8) is 0 Å². The number of aliphatic hydroxyl groups excluding tert-OH is 1. The summed E-state index contributed by atoms with van der Waals surface area (Å²) in [5.74, 6) is 0.527. The van der Waals surface area contributed by atoms with Crippen LogP contribution in [0.15, 0.2) is 0 Å². The van der Waals surface area contributed by atoms with E-state index in [9.17, 15) is 5.11 Å². The third kappa shape index (κ3) is 1.50. The summed E-state index contributed by atoms with van der Waals surface area (Å²) in [7, 11) is 0. The van der Waals surface area contributed by atoms with Crippen LogP contribution in [0.1, 0.15) is 27.2 Å². The number of hydrogen-bond donors (Lipinski definition) is 1. The molecule has 0 spiro atoms. The van der Waals surface area contributed by atoms with Gasteiger partial charge in [-0.2, -0.15) is 0 Å². The minimum atomic E-state index is -0.243. The highest BCUT2D eigenvalue weighted by Gasteiger charge is 2.31. The SMILES string of the molecule is CC(C)[C@@H]1C[C@@H](O)[C@H](C)O1. The number of rotatable bonds is 1. The summed E-state index contributed by atoms with van der Waals surface area (Å²) in [6.07, 6.45) is 0.864. The van der Waals surface area contributed by atoms with Crippen molar-refractivity contribution in [2.75, 3.05) is 0 Å². The molecule has 0 aromatic rings. The van der Waals surface area contributed by atoms with Crippen molar-refractivity contribution in [2.24, 2.45) is 5.92 Å². The molecule has 0 aromatic carbocycles. The van der Waals surface area contributed by atoms with Crippen LogP contribution < -0.4 is 0 Å². The molecule has 60 valence electrons. The summed E-state index contributed by atoms with van der Waals surface area (Å²) in [5.41, 5.74) is 0. The zero-order valence-electron chi connectivity index (χ0n) is 6.87. The van der Waals surface area contributed by atoms with Crippen molar-refractivity contribution in [1.82, 2.24) is 0 Å². The lowest BCUT2D eigenvalue weighted by atomic mass is 10.0. The van der Waals surface area contributed by atoms with Gasteiger partial charge in [0.05, 0.1) is 18.3 Å². The van der Waals surface area contributed by atoms with Crippen molar-refractivity contribution < 1.29 is 9.84 Å². The summed E-state index contributed by atoms with van der Waals surface area (Å²) in [6, 6.07) is 0. The fourth-order valence-corrected chi connectivity index (χ4v) is 1.28. The van der Waals surface area contributed by atoms with E-state index in [1.807, 2.05) is 6.92 Å². The second-order valence-corrected chi connectivity index (χ2v) is 3.43. The number of ether oxygens (including phenoxy) is 1. The van der Waals surface area contributed by atoms with E-state index in [0.717, 1.165) is 6.42 Å². The Labute approximate surface area is 62.2 Å². The Morgan fingerprint density at radius 3 is 2.30 bits per heavy atom. The second-order valence-electron chi connectivity index (χ2n) is 3.43. The summed E-state index contributed by atoms with van der Waals surface area (Å²) >= 11 is 0. The van der Waals surface area contributed by atoms with E-state index in [4.69, 9.17) is 4.74 Å². The van der Waals surface area contributed by atoms with Crippen LogP contribution in [-0.4, -0.2) is 23.4 Å². The molecule has 2 heteroatoms. The molecule has 0 unspecified atom stereocenters. The molecule has 2 nitrogen and oxygen atoms in total. The molecule has 0 amide bonds. The van der Waals surface area contributed by atoms with Gasteiger partial charge in [0.15, 0.2) is 0 Å². The average Bonchev–Trinajstić information content (AvgIpc) is 2.13. The van der Waals surface area contributed by atoms with Gasteiger partial charge < -0.3 is 9.84 Å². The largest absolute Gasteiger partial charge is 0.390 e. The fraction of sp³-hybridized carbons (Fsp3) is 1.00. The smallest absolute Gasteiger partial charge is 0.0824 e. The summed E-state index contributed by atoms with van der Waals surface area (Å²) < 4.78 is 5.48. The molecule has 1 aliphatic rings. The van der Waals surface area contributed by atoms with E-state index < -0.39 is 0 Å². The third-order valence-electron chi connectivity index (χ3n) is 2.15. The topological polar surface area (TPSA) is 29.5 Å². The highest BCUT2D eigenvalue weighted by molar-refractivity contribution is 4.80. The summed E-state index contributed by atoms with van der Waals surface area (Å²) in [6.45, 7) is 6.16. The Hall–Kier alpha value is -0.0800. The second kappa shape index (κ2) is 2.89. The van der Waals surface area contributed by atoms with Gasteiger partial charge in [0, 0.05) is 6.42 Å². The number of aliphatic hydroxyl groups is 1. The molecule has 1 fully saturated rings. The Morgan fingerprint density at radius 1 is 1.50 bits per heavy atom. The van der Waals surface area contributed by atoms with Crippen LogP contribution in [0.4, 0.5) is 0 Å². The van der Waals surface area contributed by atoms with E-state index in [0.29, 0.717) is 5.92 Å². The van der Waals surface area contributed by atoms with Gasteiger partial charge in [0.1, 0.15) is 0 Å². The molecular formula is C8H16O2. The first-order valence-electron chi connectivity index (χ1n) is 3.94. The summed E-state index contributed by atoms with van der Waals surface area (Å²) in [4.78, 5) is 0. The quantitative estimate of drug-likeness (QED) is 0.599. The van der Waals surface area contributed by atoms with Gasteiger partial charge in [-0.05, 0) is 12.8 Å². The molecule has 0 aliphatic carbocycles. The van der Waals surface area contributed by atoms with Crippen molar-refractivity contribution in [1.29, 1.82) is 0 Å². The molecule has 1 saturated heterocycles.